The largest absolute Gasteiger partial charge is 0.451 e. The molecular formula is C19H12ClF6N5O. The van der Waals surface area contributed by atoms with Gasteiger partial charge < -0.3 is 9.47 Å². The summed E-state index contributed by atoms with van der Waals surface area (Å²) in [7, 11) is 0. The lowest BCUT2D eigenvalue weighted by Crippen LogP contribution is -2.43. The molecule has 0 radical (unpaired) electrons. The van der Waals surface area contributed by atoms with Gasteiger partial charge in [-0.05, 0) is 18.2 Å². The van der Waals surface area contributed by atoms with Gasteiger partial charge in [0.25, 0.3) is 5.91 Å². The molecule has 0 saturated carbocycles. The highest BCUT2D eigenvalue weighted by atomic mass is 35.5. The standard InChI is InChI=1S/C19H12ClF6N5O/c20-13-11(4-1-5-12(13)18(21,22)23)16(32)30-7-8-31-15(28-29-17(31)19(24,25)26)14(30)10-3-2-6-27-9-10/h1-6,9,14H,7-8H2. The number of amides is 1. The molecule has 32 heavy (non-hydrogen) atoms. The molecule has 2 aromatic heterocycles. The van der Waals surface area contributed by atoms with Gasteiger partial charge in [-0.1, -0.05) is 23.7 Å². The SMILES string of the molecule is O=C(c1cccc(C(F)(F)F)c1Cl)N1CCn2c(nnc2C(F)(F)F)C1c1cccnc1. The molecule has 1 aliphatic heterocycles. The van der Waals surface area contributed by atoms with Crippen LogP contribution in [-0.2, 0) is 18.9 Å². The fraction of sp³-hybridized carbons (Fsp3) is 0.263. The Labute approximate surface area is 181 Å². The van der Waals surface area contributed by atoms with E-state index in [1.807, 2.05) is 0 Å². The van der Waals surface area contributed by atoms with Crippen molar-refractivity contribution in [1.29, 1.82) is 0 Å². The van der Waals surface area contributed by atoms with E-state index in [4.69, 9.17) is 11.6 Å². The van der Waals surface area contributed by atoms with Crippen molar-refractivity contribution in [2.45, 2.75) is 24.9 Å². The van der Waals surface area contributed by atoms with Crippen molar-refractivity contribution in [2.24, 2.45) is 0 Å². The van der Waals surface area contributed by atoms with Crippen LogP contribution in [0.4, 0.5) is 26.3 Å². The molecule has 0 saturated heterocycles. The molecule has 1 aromatic carbocycles. The van der Waals surface area contributed by atoms with Gasteiger partial charge in [0.2, 0.25) is 5.82 Å². The molecule has 4 rings (SSSR count). The van der Waals surface area contributed by atoms with E-state index in [0.29, 0.717) is 5.56 Å². The first kappa shape index (κ1) is 22.1. The first-order valence-electron chi connectivity index (χ1n) is 9.07. The summed E-state index contributed by atoms with van der Waals surface area (Å²) >= 11 is 5.90. The van der Waals surface area contributed by atoms with E-state index in [9.17, 15) is 31.1 Å². The number of aromatic nitrogens is 4. The minimum absolute atomic E-state index is 0.187. The number of carbonyl (C=O) groups excluding carboxylic acids is 1. The first-order chi connectivity index (χ1) is 15.0. The van der Waals surface area contributed by atoms with Crippen molar-refractivity contribution in [1.82, 2.24) is 24.6 Å². The molecule has 1 atom stereocenters. The Morgan fingerprint density at radius 1 is 1.00 bits per heavy atom. The lowest BCUT2D eigenvalue weighted by atomic mass is 10.0. The van der Waals surface area contributed by atoms with E-state index < -0.39 is 46.3 Å². The Balaban J connectivity index is 1.83. The fourth-order valence-electron chi connectivity index (χ4n) is 3.58. The van der Waals surface area contributed by atoms with E-state index in [1.165, 1.54) is 24.5 Å². The third-order valence-electron chi connectivity index (χ3n) is 4.95. The number of carbonyl (C=O) groups is 1. The normalized spacial score (nSPS) is 16.7. The van der Waals surface area contributed by atoms with E-state index in [2.05, 4.69) is 15.2 Å². The van der Waals surface area contributed by atoms with Gasteiger partial charge in [-0.3, -0.25) is 9.78 Å². The van der Waals surface area contributed by atoms with Gasteiger partial charge in [-0.2, -0.15) is 26.3 Å². The van der Waals surface area contributed by atoms with Crippen LogP contribution in [0.15, 0.2) is 42.7 Å². The van der Waals surface area contributed by atoms with Crippen LogP contribution >= 0.6 is 11.6 Å². The van der Waals surface area contributed by atoms with Gasteiger partial charge in [-0.25, -0.2) is 0 Å². The summed E-state index contributed by atoms with van der Waals surface area (Å²) in [5.41, 5.74) is -1.31. The number of hydrogen-bond acceptors (Lipinski definition) is 4. The average Bonchev–Trinajstić information content (AvgIpc) is 3.17. The van der Waals surface area contributed by atoms with Gasteiger partial charge >= 0.3 is 12.4 Å². The molecule has 1 unspecified atom stereocenters. The van der Waals surface area contributed by atoms with Crippen molar-refractivity contribution < 1.29 is 31.1 Å². The maximum Gasteiger partial charge on any atom is 0.451 e. The van der Waals surface area contributed by atoms with Crippen LogP contribution in [0.2, 0.25) is 5.02 Å². The topological polar surface area (TPSA) is 63.9 Å². The number of halogens is 7. The lowest BCUT2D eigenvalue weighted by Gasteiger charge is -2.36. The molecule has 0 N–H and O–H groups in total. The zero-order valence-corrected chi connectivity index (χ0v) is 16.6. The van der Waals surface area contributed by atoms with Crippen molar-refractivity contribution in [2.75, 3.05) is 6.54 Å². The number of nitrogens with zero attached hydrogens (tertiary/aromatic N) is 5. The molecule has 0 bridgehead atoms. The Hall–Kier alpha value is -3.15. The lowest BCUT2D eigenvalue weighted by molar-refractivity contribution is -0.148. The third kappa shape index (κ3) is 3.78. The Bertz CT molecular complexity index is 1160. The predicted octanol–water partition coefficient (Wildman–Crippen LogP) is 4.61. The molecule has 1 amide bonds. The molecule has 0 fully saturated rings. The smallest absolute Gasteiger partial charge is 0.322 e. The second-order valence-electron chi connectivity index (χ2n) is 6.88. The number of rotatable bonds is 2. The van der Waals surface area contributed by atoms with E-state index in [0.717, 1.165) is 27.7 Å². The van der Waals surface area contributed by atoms with Gasteiger partial charge in [0.15, 0.2) is 5.82 Å². The second-order valence-corrected chi connectivity index (χ2v) is 7.26. The van der Waals surface area contributed by atoms with Crippen LogP contribution in [0, 0.1) is 0 Å². The number of benzene rings is 1. The maximum atomic E-state index is 13.3. The van der Waals surface area contributed by atoms with Crippen LogP contribution in [0.25, 0.3) is 0 Å². The van der Waals surface area contributed by atoms with Gasteiger partial charge in [-0.15, -0.1) is 10.2 Å². The van der Waals surface area contributed by atoms with E-state index in [1.54, 1.807) is 0 Å². The molecule has 168 valence electrons. The summed E-state index contributed by atoms with van der Waals surface area (Å²) in [5.74, 6) is -2.31. The summed E-state index contributed by atoms with van der Waals surface area (Å²) in [6.45, 7) is -0.560. The Kier molecular flexibility index (Phi) is 5.35. The zero-order valence-electron chi connectivity index (χ0n) is 15.8. The van der Waals surface area contributed by atoms with Crippen molar-refractivity contribution in [3.05, 3.63) is 76.1 Å². The Morgan fingerprint density at radius 3 is 2.38 bits per heavy atom. The number of hydrogen-bond donors (Lipinski definition) is 0. The minimum Gasteiger partial charge on any atom is -0.322 e. The average molecular weight is 476 g/mol. The summed E-state index contributed by atoms with van der Waals surface area (Å²) in [5, 5.41) is 6.08. The molecule has 3 heterocycles. The highest BCUT2D eigenvalue weighted by molar-refractivity contribution is 6.34. The molecule has 3 aromatic rings. The molecule has 6 nitrogen and oxygen atoms in total. The Morgan fingerprint density at radius 2 is 1.75 bits per heavy atom. The second kappa shape index (κ2) is 7.76. The van der Waals surface area contributed by atoms with E-state index in [-0.39, 0.29) is 18.9 Å². The number of fused-ring (bicyclic) bond motifs is 1. The van der Waals surface area contributed by atoms with E-state index >= 15 is 0 Å². The van der Waals surface area contributed by atoms with Crippen LogP contribution in [0.3, 0.4) is 0 Å². The van der Waals surface area contributed by atoms with Crippen LogP contribution in [0.1, 0.15) is 39.2 Å². The monoisotopic (exact) mass is 475 g/mol. The minimum atomic E-state index is -4.79. The maximum absolute atomic E-state index is 13.3. The summed E-state index contributed by atoms with van der Waals surface area (Å²) in [4.78, 5) is 18.3. The van der Waals surface area contributed by atoms with Crippen molar-refractivity contribution >= 4 is 17.5 Å². The number of alkyl halides is 6. The van der Waals surface area contributed by atoms with Gasteiger partial charge in [0, 0.05) is 31.0 Å². The van der Waals surface area contributed by atoms with Crippen molar-refractivity contribution in [3.8, 4) is 0 Å². The van der Waals surface area contributed by atoms with Crippen LogP contribution < -0.4 is 0 Å². The van der Waals surface area contributed by atoms with Gasteiger partial charge in [0.1, 0.15) is 6.04 Å². The van der Waals surface area contributed by atoms with Crippen LogP contribution in [0.5, 0.6) is 0 Å². The third-order valence-corrected chi connectivity index (χ3v) is 5.36. The molecular weight excluding hydrogens is 464 g/mol. The molecule has 13 heteroatoms. The number of pyridine rings is 1. The quantitative estimate of drug-likeness (QED) is 0.508. The molecule has 0 spiro atoms. The highest BCUT2D eigenvalue weighted by Crippen LogP contribution is 2.39. The van der Waals surface area contributed by atoms with Gasteiger partial charge in [0.05, 0.1) is 16.1 Å². The highest BCUT2D eigenvalue weighted by Gasteiger charge is 2.44. The van der Waals surface area contributed by atoms with Crippen molar-refractivity contribution in [3.63, 3.8) is 0 Å². The molecule has 1 aliphatic rings. The zero-order chi connectivity index (χ0) is 23.3. The first-order valence-corrected chi connectivity index (χ1v) is 9.45. The summed E-state index contributed by atoms with van der Waals surface area (Å²) < 4.78 is 80.6. The molecule has 0 aliphatic carbocycles. The summed E-state index contributed by atoms with van der Waals surface area (Å²) in [6, 6.07) is 4.76. The fourth-order valence-corrected chi connectivity index (χ4v) is 3.89. The summed E-state index contributed by atoms with van der Waals surface area (Å²) in [6.07, 6.45) is -6.81. The van der Waals surface area contributed by atoms with Crippen LogP contribution in [-0.4, -0.2) is 37.1 Å². The predicted molar refractivity (Wildman–Crippen MR) is 98.6 cm³/mol.